The monoisotopic (exact) mass is 357 g/mol. The van der Waals surface area contributed by atoms with Gasteiger partial charge in [0.25, 0.3) is 0 Å². The Morgan fingerprint density at radius 1 is 1.28 bits per heavy atom. The number of nitrogens with zero attached hydrogens (tertiary/aromatic N) is 4. The lowest BCUT2D eigenvalue weighted by Gasteiger charge is -2.33. The Bertz CT molecular complexity index is 801. The summed E-state index contributed by atoms with van der Waals surface area (Å²) in [7, 11) is 1.94. The Labute approximate surface area is 151 Å². The van der Waals surface area contributed by atoms with Gasteiger partial charge in [0.1, 0.15) is 11.9 Å². The van der Waals surface area contributed by atoms with E-state index in [1.54, 1.807) is 12.4 Å². The van der Waals surface area contributed by atoms with Crippen LogP contribution in [0, 0.1) is 5.92 Å². The molecule has 4 rings (SSSR count). The zero-order valence-electron chi connectivity index (χ0n) is 14.3. The number of hydrogen-bond acceptors (Lipinski definition) is 5. The number of piperidine rings is 1. The molecule has 25 heavy (non-hydrogen) atoms. The minimum atomic E-state index is -0.462. The molecule has 132 valence electrons. The summed E-state index contributed by atoms with van der Waals surface area (Å²) in [4.78, 5) is 9.37. The van der Waals surface area contributed by atoms with Crippen LogP contribution < -0.4 is 0 Å². The Hall–Kier alpha value is -1.96. The lowest BCUT2D eigenvalue weighted by molar-refractivity contribution is 0.0494. The second-order valence-electron chi connectivity index (χ2n) is 6.69. The van der Waals surface area contributed by atoms with Gasteiger partial charge in [-0.05, 0) is 50.0 Å². The topological polar surface area (TPSA) is 70.0 Å². The maximum absolute atomic E-state index is 10.6. The van der Waals surface area contributed by atoms with Gasteiger partial charge in [-0.15, -0.1) is 11.3 Å². The number of likely N-dealkylation sites (tertiary alicyclic amines) is 1. The van der Waals surface area contributed by atoms with Crippen LogP contribution in [0.4, 0.5) is 0 Å². The van der Waals surface area contributed by atoms with E-state index in [2.05, 4.69) is 32.2 Å². The van der Waals surface area contributed by atoms with Crippen molar-refractivity contribution >= 4 is 11.3 Å². The molecule has 3 aromatic rings. The van der Waals surface area contributed by atoms with Crippen molar-refractivity contribution in [3.05, 3.63) is 47.5 Å². The van der Waals surface area contributed by atoms with Crippen LogP contribution in [0.2, 0.25) is 0 Å². The highest BCUT2D eigenvalue weighted by molar-refractivity contribution is 7.15. The third-order valence-corrected chi connectivity index (χ3v) is 6.11. The molecule has 1 saturated heterocycles. The predicted octanol–water partition coefficient (Wildman–Crippen LogP) is 2.82. The number of aryl methyl sites for hydroxylation is 1. The van der Waals surface area contributed by atoms with E-state index in [9.17, 15) is 5.11 Å². The number of thiophene rings is 1. The summed E-state index contributed by atoms with van der Waals surface area (Å²) in [5, 5.41) is 17.6. The predicted molar refractivity (Wildman–Crippen MR) is 98.1 cm³/mol. The standard InChI is InChI=1S/C18H23N5OS/c1-22-11-8-19-18(22)17(24)13-5-9-23(10-6-13)12-14-2-3-16(25-14)15-4-7-20-21-15/h2-4,7-8,11,13,17,24H,5-6,9-10,12H2,1H3,(H,20,21)/t17-/m1/s1. The third-order valence-electron chi connectivity index (χ3n) is 5.01. The lowest BCUT2D eigenvalue weighted by atomic mass is 9.90. The van der Waals surface area contributed by atoms with Gasteiger partial charge < -0.3 is 9.67 Å². The second-order valence-corrected chi connectivity index (χ2v) is 7.86. The molecular formula is C18H23N5OS. The summed E-state index contributed by atoms with van der Waals surface area (Å²) in [5.74, 6) is 1.07. The van der Waals surface area contributed by atoms with Crippen LogP contribution in [-0.2, 0) is 13.6 Å². The van der Waals surface area contributed by atoms with Crippen molar-refractivity contribution in [1.82, 2.24) is 24.6 Å². The Morgan fingerprint density at radius 3 is 2.80 bits per heavy atom. The summed E-state index contributed by atoms with van der Waals surface area (Å²) in [6.07, 6.45) is 6.98. The Morgan fingerprint density at radius 2 is 2.12 bits per heavy atom. The number of aliphatic hydroxyl groups is 1. The van der Waals surface area contributed by atoms with Crippen molar-refractivity contribution in [3.8, 4) is 10.6 Å². The quantitative estimate of drug-likeness (QED) is 0.737. The third kappa shape index (κ3) is 3.53. The molecule has 0 bridgehead atoms. The smallest absolute Gasteiger partial charge is 0.137 e. The Balaban J connectivity index is 1.33. The van der Waals surface area contributed by atoms with Crippen molar-refractivity contribution in [2.24, 2.45) is 13.0 Å². The average molecular weight is 357 g/mol. The number of nitrogens with one attached hydrogen (secondary N) is 1. The normalized spacial score (nSPS) is 17.8. The van der Waals surface area contributed by atoms with Crippen molar-refractivity contribution in [2.75, 3.05) is 13.1 Å². The fraction of sp³-hybridized carbons (Fsp3) is 0.444. The zero-order valence-corrected chi connectivity index (χ0v) is 15.1. The van der Waals surface area contributed by atoms with Gasteiger partial charge in [-0.25, -0.2) is 4.98 Å². The zero-order chi connectivity index (χ0) is 17.2. The number of H-pyrrole nitrogens is 1. The van der Waals surface area contributed by atoms with Crippen molar-refractivity contribution in [2.45, 2.75) is 25.5 Å². The minimum Gasteiger partial charge on any atom is -0.385 e. The number of imidazole rings is 1. The molecule has 0 aromatic carbocycles. The van der Waals surface area contributed by atoms with Gasteiger partial charge in [0.15, 0.2) is 0 Å². The first-order valence-electron chi connectivity index (χ1n) is 8.67. The molecule has 2 N–H and O–H groups in total. The molecule has 6 nitrogen and oxygen atoms in total. The van der Waals surface area contributed by atoms with Gasteiger partial charge in [-0.1, -0.05) is 0 Å². The molecule has 0 radical (unpaired) electrons. The first-order valence-corrected chi connectivity index (χ1v) is 9.48. The van der Waals surface area contributed by atoms with Crippen LogP contribution in [0.15, 0.2) is 36.8 Å². The second kappa shape index (κ2) is 7.11. The summed E-state index contributed by atoms with van der Waals surface area (Å²) in [6, 6.07) is 6.36. The lowest BCUT2D eigenvalue weighted by Crippen LogP contribution is -2.35. The van der Waals surface area contributed by atoms with E-state index in [1.165, 1.54) is 9.75 Å². The van der Waals surface area contributed by atoms with Gasteiger partial charge in [0.05, 0.1) is 10.6 Å². The van der Waals surface area contributed by atoms with Crippen LogP contribution in [0.1, 0.15) is 29.6 Å². The van der Waals surface area contributed by atoms with E-state index in [0.29, 0.717) is 5.92 Å². The largest absolute Gasteiger partial charge is 0.385 e. The number of aromatic nitrogens is 4. The van der Waals surface area contributed by atoms with Gasteiger partial charge in [0.2, 0.25) is 0 Å². The molecule has 1 fully saturated rings. The van der Waals surface area contributed by atoms with Crippen molar-refractivity contribution in [1.29, 1.82) is 0 Å². The molecule has 7 heteroatoms. The van der Waals surface area contributed by atoms with Crippen molar-refractivity contribution in [3.63, 3.8) is 0 Å². The first kappa shape index (κ1) is 16.5. The summed E-state index contributed by atoms with van der Waals surface area (Å²) in [6.45, 7) is 3.01. The summed E-state index contributed by atoms with van der Waals surface area (Å²) >= 11 is 1.82. The number of aromatic amines is 1. The molecule has 0 spiro atoms. The first-order chi connectivity index (χ1) is 12.2. The van der Waals surface area contributed by atoms with Crippen LogP contribution in [0.25, 0.3) is 10.6 Å². The van der Waals surface area contributed by atoms with Gasteiger partial charge in [0, 0.05) is 37.1 Å². The van der Waals surface area contributed by atoms with Crippen LogP contribution in [0.5, 0.6) is 0 Å². The molecule has 0 saturated carbocycles. The van der Waals surface area contributed by atoms with Crippen LogP contribution in [-0.4, -0.2) is 42.8 Å². The SMILES string of the molecule is Cn1ccnc1[C@H](O)C1CCN(Cc2ccc(-c3ccn[nH]3)s2)CC1. The highest BCUT2D eigenvalue weighted by Crippen LogP contribution is 2.32. The van der Waals surface area contributed by atoms with E-state index < -0.39 is 6.10 Å². The van der Waals surface area contributed by atoms with Crippen LogP contribution >= 0.6 is 11.3 Å². The van der Waals surface area contributed by atoms with Gasteiger partial charge in [-0.3, -0.25) is 10.00 Å². The Kier molecular flexibility index (Phi) is 4.70. The fourth-order valence-electron chi connectivity index (χ4n) is 3.52. The fourth-order valence-corrected chi connectivity index (χ4v) is 4.55. The number of rotatable bonds is 5. The molecule has 4 heterocycles. The molecule has 1 atom stereocenters. The van der Waals surface area contributed by atoms with Gasteiger partial charge in [-0.2, -0.15) is 5.10 Å². The minimum absolute atomic E-state index is 0.293. The molecule has 0 amide bonds. The maximum Gasteiger partial charge on any atom is 0.137 e. The number of aliphatic hydroxyl groups excluding tert-OH is 1. The maximum atomic E-state index is 10.6. The molecule has 1 aliphatic heterocycles. The van der Waals surface area contributed by atoms with Crippen LogP contribution in [0.3, 0.4) is 0 Å². The molecule has 0 aliphatic carbocycles. The molecular weight excluding hydrogens is 334 g/mol. The highest BCUT2D eigenvalue weighted by Gasteiger charge is 2.28. The average Bonchev–Trinajstić information content (AvgIpc) is 3.36. The van der Waals surface area contributed by atoms with E-state index in [4.69, 9.17) is 0 Å². The van der Waals surface area contributed by atoms with Crippen molar-refractivity contribution < 1.29 is 5.11 Å². The molecule has 1 aliphatic rings. The van der Waals surface area contributed by atoms with Gasteiger partial charge >= 0.3 is 0 Å². The van der Waals surface area contributed by atoms with E-state index in [0.717, 1.165) is 44.0 Å². The molecule has 0 unspecified atom stereocenters. The summed E-state index contributed by atoms with van der Waals surface area (Å²) in [5.41, 5.74) is 1.08. The summed E-state index contributed by atoms with van der Waals surface area (Å²) < 4.78 is 1.92. The number of hydrogen-bond donors (Lipinski definition) is 2. The van der Waals surface area contributed by atoms with E-state index >= 15 is 0 Å². The highest BCUT2D eigenvalue weighted by atomic mass is 32.1. The molecule has 3 aromatic heterocycles. The van der Waals surface area contributed by atoms with E-state index in [1.807, 2.05) is 35.2 Å². The van der Waals surface area contributed by atoms with E-state index in [-0.39, 0.29) is 0 Å².